The number of nitrogens with zero attached hydrogens (tertiary/aromatic N) is 2. The van der Waals surface area contributed by atoms with Gasteiger partial charge in [0, 0.05) is 18.3 Å². The summed E-state index contributed by atoms with van der Waals surface area (Å²) in [6.45, 7) is 0.584. The van der Waals surface area contributed by atoms with Crippen molar-refractivity contribution < 1.29 is 0 Å². The average molecular weight is 255 g/mol. The second kappa shape index (κ2) is 3.59. The van der Waals surface area contributed by atoms with Crippen molar-refractivity contribution in [3.8, 4) is 0 Å². The van der Waals surface area contributed by atoms with Gasteiger partial charge >= 0.3 is 0 Å². The number of hydrogen-bond acceptors (Lipinski definition) is 3. The summed E-state index contributed by atoms with van der Waals surface area (Å²) >= 11 is 3.40. The summed E-state index contributed by atoms with van der Waals surface area (Å²) in [5.41, 5.74) is 12.9. The molecule has 0 fully saturated rings. The molecule has 74 valence electrons. The van der Waals surface area contributed by atoms with Crippen molar-refractivity contribution in [2.75, 3.05) is 12.3 Å². The highest BCUT2D eigenvalue weighted by Gasteiger charge is 2.07. The van der Waals surface area contributed by atoms with E-state index in [1.807, 2.05) is 22.7 Å². The second-order valence-corrected chi connectivity index (χ2v) is 3.83. The number of anilines is 1. The summed E-state index contributed by atoms with van der Waals surface area (Å²) in [6.07, 6.45) is 2.61. The zero-order chi connectivity index (χ0) is 10.1. The van der Waals surface area contributed by atoms with Gasteiger partial charge in [-0.15, -0.1) is 0 Å². The largest absolute Gasteiger partial charge is 0.398 e. The SMILES string of the molecule is NCCc1nc(Br)c2ccc(N)cn12. The van der Waals surface area contributed by atoms with Crippen LogP contribution in [0.15, 0.2) is 22.9 Å². The van der Waals surface area contributed by atoms with Gasteiger partial charge in [0.25, 0.3) is 0 Å². The Kier molecular flexibility index (Phi) is 2.43. The maximum Gasteiger partial charge on any atom is 0.132 e. The number of rotatable bonds is 2. The molecule has 0 aliphatic heterocycles. The van der Waals surface area contributed by atoms with E-state index in [9.17, 15) is 0 Å². The minimum atomic E-state index is 0.584. The molecule has 0 aliphatic carbocycles. The minimum Gasteiger partial charge on any atom is -0.398 e. The summed E-state index contributed by atoms with van der Waals surface area (Å²) < 4.78 is 2.80. The van der Waals surface area contributed by atoms with Crippen LogP contribution in [0.2, 0.25) is 0 Å². The predicted octanol–water partition coefficient (Wildman–Crippen LogP) is 1.18. The van der Waals surface area contributed by atoms with Crippen LogP contribution in [0.25, 0.3) is 5.52 Å². The molecule has 0 atom stereocenters. The lowest BCUT2D eigenvalue weighted by molar-refractivity contribution is 0.862. The van der Waals surface area contributed by atoms with E-state index >= 15 is 0 Å². The lowest BCUT2D eigenvalue weighted by Gasteiger charge is -2.00. The van der Waals surface area contributed by atoms with E-state index < -0.39 is 0 Å². The molecule has 5 heteroatoms. The monoisotopic (exact) mass is 254 g/mol. The maximum absolute atomic E-state index is 5.70. The Morgan fingerprint density at radius 2 is 2.21 bits per heavy atom. The van der Waals surface area contributed by atoms with Crippen LogP contribution in [0.5, 0.6) is 0 Å². The van der Waals surface area contributed by atoms with Crippen LogP contribution in [-0.4, -0.2) is 15.9 Å². The quantitative estimate of drug-likeness (QED) is 0.846. The molecular weight excluding hydrogens is 244 g/mol. The predicted molar refractivity (Wildman–Crippen MR) is 60.1 cm³/mol. The van der Waals surface area contributed by atoms with Gasteiger partial charge in [-0.05, 0) is 34.6 Å². The smallest absolute Gasteiger partial charge is 0.132 e. The first kappa shape index (κ1) is 9.48. The molecule has 0 aromatic carbocycles. The van der Waals surface area contributed by atoms with Crippen LogP contribution < -0.4 is 11.5 Å². The Balaban J connectivity index is 2.66. The third-order valence-corrected chi connectivity index (χ3v) is 2.64. The summed E-state index contributed by atoms with van der Waals surface area (Å²) in [4.78, 5) is 4.36. The van der Waals surface area contributed by atoms with Crippen LogP contribution in [-0.2, 0) is 6.42 Å². The highest BCUT2D eigenvalue weighted by atomic mass is 79.9. The highest BCUT2D eigenvalue weighted by molar-refractivity contribution is 9.10. The van der Waals surface area contributed by atoms with Crippen LogP contribution in [0.3, 0.4) is 0 Å². The fraction of sp³-hybridized carbons (Fsp3) is 0.222. The van der Waals surface area contributed by atoms with Crippen LogP contribution >= 0.6 is 15.9 Å². The van der Waals surface area contributed by atoms with Gasteiger partial charge in [-0.3, -0.25) is 0 Å². The molecular formula is C9H11BrN4. The maximum atomic E-state index is 5.70. The Hall–Kier alpha value is -1.07. The summed E-state index contributed by atoms with van der Waals surface area (Å²) in [6, 6.07) is 3.79. The van der Waals surface area contributed by atoms with Crippen molar-refractivity contribution in [1.82, 2.24) is 9.38 Å². The number of halogens is 1. The average Bonchev–Trinajstić information content (AvgIpc) is 2.44. The Morgan fingerprint density at radius 1 is 1.43 bits per heavy atom. The van der Waals surface area contributed by atoms with Crippen molar-refractivity contribution in [3.63, 3.8) is 0 Å². The summed E-state index contributed by atoms with van der Waals surface area (Å²) in [5, 5.41) is 0. The lowest BCUT2D eigenvalue weighted by Crippen LogP contribution is -2.06. The first-order valence-corrected chi connectivity index (χ1v) is 5.13. The van der Waals surface area contributed by atoms with Crippen molar-refractivity contribution in [2.24, 2.45) is 5.73 Å². The normalized spacial score (nSPS) is 11.0. The van der Waals surface area contributed by atoms with Gasteiger partial charge in [0.1, 0.15) is 10.4 Å². The van der Waals surface area contributed by atoms with E-state index in [4.69, 9.17) is 11.5 Å². The first-order valence-electron chi connectivity index (χ1n) is 4.34. The molecule has 0 amide bonds. The molecule has 0 spiro atoms. The standard InChI is InChI=1S/C9H11BrN4/c10-9-7-2-1-6(12)5-14(7)8(13-9)3-4-11/h1-2,5H,3-4,11-12H2. The molecule has 0 aliphatic rings. The molecule has 4 nitrogen and oxygen atoms in total. The van der Waals surface area contributed by atoms with Gasteiger partial charge in [-0.25, -0.2) is 4.98 Å². The number of pyridine rings is 1. The van der Waals surface area contributed by atoms with E-state index in [0.717, 1.165) is 28.1 Å². The second-order valence-electron chi connectivity index (χ2n) is 3.08. The zero-order valence-electron chi connectivity index (χ0n) is 7.57. The zero-order valence-corrected chi connectivity index (χ0v) is 9.16. The third kappa shape index (κ3) is 1.49. The van der Waals surface area contributed by atoms with E-state index in [2.05, 4.69) is 20.9 Å². The molecule has 4 N–H and O–H groups in total. The van der Waals surface area contributed by atoms with Gasteiger partial charge in [0.2, 0.25) is 0 Å². The minimum absolute atomic E-state index is 0.584. The van der Waals surface area contributed by atoms with Gasteiger partial charge in [-0.1, -0.05) is 0 Å². The molecule has 0 saturated heterocycles. The Morgan fingerprint density at radius 3 is 2.93 bits per heavy atom. The van der Waals surface area contributed by atoms with E-state index in [0.29, 0.717) is 6.54 Å². The Labute approximate surface area is 90.0 Å². The summed E-state index contributed by atoms with van der Waals surface area (Å²) in [7, 11) is 0. The lowest BCUT2D eigenvalue weighted by atomic mass is 10.3. The molecule has 2 heterocycles. The molecule has 2 rings (SSSR count). The topological polar surface area (TPSA) is 69.3 Å². The molecule has 2 aromatic heterocycles. The van der Waals surface area contributed by atoms with Gasteiger partial charge in [0.05, 0.1) is 5.52 Å². The summed E-state index contributed by atoms with van der Waals surface area (Å²) in [5.74, 6) is 0.932. The fourth-order valence-corrected chi connectivity index (χ4v) is 1.96. The molecule has 2 aromatic rings. The van der Waals surface area contributed by atoms with Crippen LogP contribution in [0.4, 0.5) is 5.69 Å². The van der Waals surface area contributed by atoms with Crippen LogP contribution in [0.1, 0.15) is 5.82 Å². The van der Waals surface area contributed by atoms with Gasteiger partial charge < -0.3 is 15.9 Å². The fourth-order valence-electron chi connectivity index (χ4n) is 1.43. The van der Waals surface area contributed by atoms with E-state index in [-0.39, 0.29) is 0 Å². The number of imidazole rings is 1. The molecule has 14 heavy (non-hydrogen) atoms. The van der Waals surface area contributed by atoms with Crippen molar-refractivity contribution >= 4 is 27.1 Å². The first-order chi connectivity index (χ1) is 6.72. The number of hydrogen-bond donors (Lipinski definition) is 2. The van der Waals surface area contributed by atoms with Crippen molar-refractivity contribution in [1.29, 1.82) is 0 Å². The van der Waals surface area contributed by atoms with Crippen LogP contribution in [0, 0.1) is 0 Å². The molecule has 0 unspecified atom stereocenters. The number of nitrogen functional groups attached to an aromatic ring is 1. The number of aromatic nitrogens is 2. The third-order valence-electron chi connectivity index (χ3n) is 2.06. The highest BCUT2D eigenvalue weighted by Crippen LogP contribution is 2.20. The Bertz CT molecular complexity index is 463. The van der Waals surface area contributed by atoms with Crippen molar-refractivity contribution in [2.45, 2.75) is 6.42 Å². The molecule has 0 bridgehead atoms. The van der Waals surface area contributed by atoms with Gasteiger partial charge in [0.15, 0.2) is 0 Å². The number of fused-ring (bicyclic) bond motifs is 1. The van der Waals surface area contributed by atoms with Gasteiger partial charge in [-0.2, -0.15) is 0 Å². The van der Waals surface area contributed by atoms with E-state index in [1.54, 1.807) is 0 Å². The molecule has 0 radical (unpaired) electrons. The number of nitrogens with two attached hydrogens (primary N) is 2. The molecule has 0 saturated carbocycles. The van der Waals surface area contributed by atoms with Crippen molar-refractivity contribution in [3.05, 3.63) is 28.8 Å². The van der Waals surface area contributed by atoms with E-state index in [1.165, 1.54) is 0 Å².